The maximum absolute atomic E-state index is 12.1. The van der Waals surface area contributed by atoms with Gasteiger partial charge in [-0.1, -0.05) is 0 Å². The zero-order valence-electron chi connectivity index (χ0n) is 11.2. The van der Waals surface area contributed by atoms with Crippen molar-refractivity contribution in [2.75, 3.05) is 6.54 Å². The van der Waals surface area contributed by atoms with Crippen LogP contribution in [0, 0.1) is 0 Å². The van der Waals surface area contributed by atoms with Crippen molar-refractivity contribution in [2.45, 2.75) is 25.0 Å². The number of benzene rings is 1. The molecule has 0 radical (unpaired) electrons. The summed E-state index contributed by atoms with van der Waals surface area (Å²) in [7, 11) is 0. The molecule has 21 heavy (non-hydrogen) atoms. The number of nitrogens with one attached hydrogen (secondary N) is 2. The van der Waals surface area contributed by atoms with E-state index in [2.05, 4.69) is 15.3 Å². The van der Waals surface area contributed by atoms with Gasteiger partial charge in [0.2, 0.25) is 0 Å². The number of carboxylic acids is 1. The average Bonchev–Trinajstić information content (AvgIpc) is 3.12. The molecule has 2 aromatic rings. The molecule has 2 heterocycles. The van der Waals surface area contributed by atoms with Crippen molar-refractivity contribution in [3.8, 4) is 0 Å². The van der Waals surface area contributed by atoms with E-state index in [0.717, 1.165) is 11.0 Å². The Morgan fingerprint density at radius 3 is 3.05 bits per heavy atom. The van der Waals surface area contributed by atoms with Crippen LogP contribution >= 0.6 is 0 Å². The van der Waals surface area contributed by atoms with Crippen molar-refractivity contribution in [1.29, 1.82) is 0 Å². The molecule has 1 aromatic heterocycles. The van der Waals surface area contributed by atoms with E-state index in [1.165, 1.54) is 0 Å². The molecule has 7 heteroatoms. The summed E-state index contributed by atoms with van der Waals surface area (Å²) in [6.45, 7) is 0.309. The number of ether oxygens (including phenoxy) is 1. The van der Waals surface area contributed by atoms with Gasteiger partial charge < -0.3 is 20.1 Å². The summed E-state index contributed by atoms with van der Waals surface area (Å²) in [5, 5.41) is 11.6. The largest absolute Gasteiger partial charge is 0.479 e. The van der Waals surface area contributed by atoms with Crippen molar-refractivity contribution < 1.29 is 19.4 Å². The molecule has 0 spiro atoms. The number of carbonyl (C=O) groups excluding carboxylic acids is 1. The molecule has 110 valence electrons. The van der Waals surface area contributed by atoms with E-state index in [-0.39, 0.29) is 12.0 Å². The van der Waals surface area contributed by atoms with Crippen LogP contribution in [0.3, 0.4) is 0 Å². The van der Waals surface area contributed by atoms with Crippen LogP contribution in [0.1, 0.15) is 23.2 Å². The van der Waals surface area contributed by atoms with Crippen LogP contribution < -0.4 is 5.32 Å². The van der Waals surface area contributed by atoms with Crippen LogP contribution in [0.5, 0.6) is 0 Å². The van der Waals surface area contributed by atoms with Crippen molar-refractivity contribution in [1.82, 2.24) is 15.3 Å². The number of fused-ring (bicyclic) bond motifs is 1. The minimum Gasteiger partial charge on any atom is -0.479 e. The monoisotopic (exact) mass is 289 g/mol. The van der Waals surface area contributed by atoms with E-state index in [0.29, 0.717) is 24.9 Å². The summed E-state index contributed by atoms with van der Waals surface area (Å²) >= 11 is 0. The molecule has 0 bridgehead atoms. The van der Waals surface area contributed by atoms with Gasteiger partial charge in [0.05, 0.1) is 23.5 Å². The highest BCUT2D eigenvalue weighted by Gasteiger charge is 2.30. The molecule has 1 aliphatic rings. The first-order valence-electron chi connectivity index (χ1n) is 6.73. The maximum Gasteiger partial charge on any atom is 0.332 e. The Balaban J connectivity index is 1.58. The Morgan fingerprint density at radius 2 is 2.29 bits per heavy atom. The Labute approximate surface area is 120 Å². The molecule has 2 atom stereocenters. The van der Waals surface area contributed by atoms with Crippen molar-refractivity contribution in [3.63, 3.8) is 0 Å². The fourth-order valence-corrected chi connectivity index (χ4v) is 2.42. The molecule has 7 nitrogen and oxygen atoms in total. The third-order valence-electron chi connectivity index (χ3n) is 3.56. The summed E-state index contributed by atoms with van der Waals surface area (Å²) in [5.41, 5.74) is 2.13. The van der Waals surface area contributed by atoms with Crippen LogP contribution in [0.25, 0.3) is 11.0 Å². The highest BCUT2D eigenvalue weighted by atomic mass is 16.5. The van der Waals surface area contributed by atoms with E-state index in [1.54, 1.807) is 24.5 Å². The number of carboxylic acid groups (broad SMARTS) is 1. The molecule has 1 fully saturated rings. The molecule has 0 saturated carbocycles. The minimum absolute atomic E-state index is 0.214. The number of nitrogens with zero attached hydrogens (tertiary/aromatic N) is 1. The average molecular weight is 289 g/mol. The topological polar surface area (TPSA) is 104 Å². The second-order valence-corrected chi connectivity index (χ2v) is 5.01. The van der Waals surface area contributed by atoms with Crippen LogP contribution in [-0.4, -0.2) is 45.7 Å². The normalized spacial score (nSPS) is 21.5. The summed E-state index contributed by atoms with van der Waals surface area (Å²) < 4.78 is 5.34. The first-order chi connectivity index (χ1) is 10.1. The molecule has 1 amide bonds. The van der Waals surface area contributed by atoms with Crippen molar-refractivity contribution in [3.05, 3.63) is 30.1 Å². The van der Waals surface area contributed by atoms with E-state index in [4.69, 9.17) is 9.84 Å². The zero-order valence-corrected chi connectivity index (χ0v) is 11.2. The third kappa shape index (κ3) is 2.87. The van der Waals surface area contributed by atoms with Gasteiger partial charge >= 0.3 is 5.97 Å². The number of aromatic amines is 1. The maximum atomic E-state index is 12.1. The molecule has 1 aliphatic heterocycles. The van der Waals surface area contributed by atoms with Gasteiger partial charge in [-0.25, -0.2) is 9.78 Å². The molecule has 0 aliphatic carbocycles. The molecule has 1 aromatic carbocycles. The molecular formula is C14H15N3O4. The quantitative estimate of drug-likeness (QED) is 0.776. The fraction of sp³-hybridized carbons (Fsp3) is 0.357. The third-order valence-corrected chi connectivity index (χ3v) is 3.56. The molecule has 2 unspecified atom stereocenters. The van der Waals surface area contributed by atoms with Gasteiger partial charge in [-0.3, -0.25) is 4.79 Å². The summed E-state index contributed by atoms with van der Waals surface area (Å²) in [4.78, 5) is 29.9. The number of hydrogen-bond acceptors (Lipinski definition) is 4. The number of imidazole rings is 1. The van der Waals surface area contributed by atoms with Gasteiger partial charge in [0.15, 0.2) is 6.10 Å². The number of aromatic nitrogens is 2. The van der Waals surface area contributed by atoms with E-state index in [9.17, 15) is 9.59 Å². The van der Waals surface area contributed by atoms with Crippen LogP contribution in [-0.2, 0) is 9.53 Å². The zero-order chi connectivity index (χ0) is 14.8. The number of aliphatic carboxylic acids is 1. The standard InChI is InChI=1S/C14H15N3O4/c18-13(8-1-3-10-11(5-8)17-7-16-10)15-6-9-2-4-12(21-9)14(19)20/h1,3,5,7,9,12H,2,4,6H2,(H,15,18)(H,16,17)(H,19,20). The van der Waals surface area contributed by atoms with Crippen molar-refractivity contribution in [2.24, 2.45) is 0 Å². The Bertz CT molecular complexity index is 682. The van der Waals surface area contributed by atoms with Gasteiger partial charge in [-0.2, -0.15) is 0 Å². The Hall–Kier alpha value is -2.41. The molecule has 1 saturated heterocycles. The molecule has 3 N–H and O–H groups in total. The lowest BCUT2D eigenvalue weighted by molar-refractivity contribution is -0.149. The van der Waals surface area contributed by atoms with Crippen LogP contribution in [0.4, 0.5) is 0 Å². The molecular weight excluding hydrogens is 274 g/mol. The highest BCUT2D eigenvalue weighted by Crippen LogP contribution is 2.19. The van der Waals surface area contributed by atoms with Crippen LogP contribution in [0.2, 0.25) is 0 Å². The minimum atomic E-state index is -0.950. The fourth-order valence-electron chi connectivity index (χ4n) is 2.42. The van der Waals surface area contributed by atoms with E-state index >= 15 is 0 Å². The first-order valence-corrected chi connectivity index (χ1v) is 6.73. The SMILES string of the molecule is O=C(NCC1CCC(C(=O)O)O1)c1ccc2nc[nH]c2c1. The smallest absolute Gasteiger partial charge is 0.332 e. The highest BCUT2D eigenvalue weighted by molar-refractivity contribution is 5.97. The predicted octanol–water partition coefficient (Wildman–Crippen LogP) is 0.925. The summed E-state index contributed by atoms with van der Waals surface area (Å²) in [6.07, 6.45) is 1.69. The van der Waals surface area contributed by atoms with Gasteiger partial charge in [-0.15, -0.1) is 0 Å². The number of hydrogen-bond donors (Lipinski definition) is 3. The second kappa shape index (κ2) is 5.53. The summed E-state index contributed by atoms with van der Waals surface area (Å²) in [5.74, 6) is -1.16. The lowest BCUT2D eigenvalue weighted by Gasteiger charge is -2.12. The number of carbonyl (C=O) groups is 2. The van der Waals surface area contributed by atoms with Crippen LogP contribution in [0.15, 0.2) is 24.5 Å². The van der Waals surface area contributed by atoms with E-state index < -0.39 is 12.1 Å². The van der Waals surface area contributed by atoms with E-state index in [1.807, 2.05) is 0 Å². The first kappa shape index (κ1) is 13.6. The van der Waals surface area contributed by atoms with Gasteiger partial charge in [0.1, 0.15) is 0 Å². The van der Waals surface area contributed by atoms with Crippen molar-refractivity contribution >= 4 is 22.9 Å². The second-order valence-electron chi connectivity index (χ2n) is 5.01. The Morgan fingerprint density at radius 1 is 1.43 bits per heavy atom. The van der Waals surface area contributed by atoms with Gasteiger partial charge in [0, 0.05) is 12.1 Å². The van der Waals surface area contributed by atoms with Gasteiger partial charge in [-0.05, 0) is 31.0 Å². The number of amides is 1. The lowest BCUT2D eigenvalue weighted by atomic mass is 10.1. The number of rotatable bonds is 4. The van der Waals surface area contributed by atoms with Gasteiger partial charge in [0.25, 0.3) is 5.91 Å². The molecule has 3 rings (SSSR count). The summed E-state index contributed by atoms with van der Waals surface area (Å²) in [6, 6.07) is 5.20. The predicted molar refractivity (Wildman–Crippen MR) is 74.0 cm³/mol. The lowest BCUT2D eigenvalue weighted by Crippen LogP contribution is -2.33. The Kier molecular flexibility index (Phi) is 3.57. The number of H-pyrrole nitrogens is 1.